The van der Waals surface area contributed by atoms with Crippen molar-refractivity contribution in [2.24, 2.45) is 0 Å². The minimum absolute atomic E-state index is 0.109. The second-order valence-electron chi connectivity index (χ2n) is 6.89. The van der Waals surface area contributed by atoms with Crippen LogP contribution in [0.3, 0.4) is 0 Å². The lowest BCUT2D eigenvalue weighted by Crippen LogP contribution is -2.28. The lowest BCUT2D eigenvalue weighted by atomic mass is 10.2. The van der Waals surface area contributed by atoms with E-state index in [1.54, 1.807) is 24.4 Å². The molecule has 0 radical (unpaired) electrons. The Hall–Kier alpha value is -3.74. The van der Waals surface area contributed by atoms with Gasteiger partial charge in [0.05, 0.1) is 23.8 Å². The summed E-state index contributed by atoms with van der Waals surface area (Å²) in [6.07, 6.45) is 4.12. The molecule has 2 aromatic carbocycles. The van der Waals surface area contributed by atoms with Crippen molar-refractivity contribution in [3.8, 4) is 5.75 Å². The average Bonchev–Trinajstić information content (AvgIpc) is 2.78. The number of amides is 1. The number of aromatic nitrogens is 3. The predicted octanol–water partition coefficient (Wildman–Crippen LogP) is 2.92. The van der Waals surface area contributed by atoms with E-state index in [9.17, 15) is 9.59 Å². The van der Waals surface area contributed by atoms with E-state index in [0.717, 1.165) is 16.7 Å². The fraction of sp³-hybridized carbons (Fsp3) is 0.217. The van der Waals surface area contributed by atoms with Crippen LogP contribution >= 0.6 is 0 Å². The number of rotatable bonds is 8. The van der Waals surface area contributed by atoms with Crippen molar-refractivity contribution in [3.05, 3.63) is 77.5 Å². The molecule has 0 spiro atoms. The Morgan fingerprint density at radius 1 is 1.03 bits per heavy atom. The van der Waals surface area contributed by atoms with Crippen molar-refractivity contribution in [3.63, 3.8) is 0 Å². The number of hydrogen-bond acceptors (Lipinski definition) is 5. The third kappa shape index (κ3) is 4.46. The molecule has 1 N–H and O–H groups in total. The lowest BCUT2D eigenvalue weighted by Gasteiger charge is -2.10. The van der Waals surface area contributed by atoms with Gasteiger partial charge >= 0.3 is 0 Å². The first-order valence-corrected chi connectivity index (χ1v) is 9.90. The maximum absolute atomic E-state index is 12.4. The number of aryl methyl sites for hydroxylation is 1. The second-order valence-corrected chi connectivity index (χ2v) is 6.89. The molecular formula is C23H22N4O3. The molecule has 30 heavy (non-hydrogen) atoms. The molecule has 0 fully saturated rings. The highest BCUT2D eigenvalue weighted by Gasteiger charge is 2.07. The molecular weight excluding hydrogens is 380 g/mol. The van der Waals surface area contributed by atoms with Gasteiger partial charge in [-0.05, 0) is 30.7 Å². The van der Waals surface area contributed by atoms with E-state index >= 15 is 0 Å². The maximum atomic E-state index is 12.4. The Bertz CT molecular complexity index is 1230. The smallest absolute Gasteiger partial charge is 0.261 e. The highest BCUT2D eigenvalue weighted by atomic mass is 16.5. The number of nitrogens with one attached hydrogen (secondary N) is 1. The molecule has 0 aliphatic heterocycles. The van der Waals surface area contributed by atoms with Crippen molar-refractivity contribution < 1.29 is 9.53 Å². The van der Waals surface area contributed by atoms with Crippen molar-refractivity contribution in [2.45, 2.75) is 19.4 Å². The molecule has 2 heterocycles. The van der Waals surface area contributed by atoms with Gasteiger partial charge in [0, 0.05) is 31.1 Å². The zero-order valence-electron chi connectivity index (χ0n) is 16.5. The minimum Gasteiger partial charge on any atom is -0.491 e. The molecule has 0 aliphatic carbocycles. The molecule has 0 atom stereocenters. The Kier molecular flexibility index (Phi) is 5.98. The van der Waals surface area contributed by atoms with Crippen molar-refractivity contribution in [1.29, 1.82) is 0 Å². The van der Waals surface area contributed by atoms with Crippen LogP contribution in [0.4, 0.5) is 0 Å². The largest absolute Gasteiger partial charge is 0.491 e. The first-order chi connectivity index (χ1) is 14.7. The van der Waals surface area contributed by atoms with E-state index in [2.05, 4.69) is 15.3 Å². The van der Waals surface area contributed by atoms with Crippen LogP contribution in [0.2, 0.25) is 0 Å². The molecule has 1 amide bonds. The fourth-order valence-electron chi connectivity index (χ4n) is 3.25. The number of para-hydroxylation sites is 2. The molecule has 7 heteroatoms. The third-order valence-electron chi connectivity index (χ3n) is 4.81. The van der Waals surface area contributed by atoms with Gasteiger partial charge in [-0.25, -0.2) is 4.98 Å². The number of ether oxygens (including phenoxy) is 1. The quantitative estimate of drug-likeness (QED) is 0.458. The average molecular weight is 402 g/mol. The van der Waals surface area contributed by atoms with E-state index < -0.39 is 0 Å². The van der Waals surface area contributed by atoms with Crippen LogP contribution in [0.1, 0.15) is 12.8 Å². The van der Waals surface area contributed by atoms with Crippen LogP contribution < -0.4 is 15.6 Å². The number of hydrogen-bond donors (Lipinski definition) is 1. The van der Waals surface area contributed by atoms with Gasteiger partial charge in [-0.15, -0.1) is 0 Å². The highest BCUT2D eigenvalue weighted by molar-refractivity contribution is 5.84. The summed E-state index contributed by atoms with van der Waals surface area (Å²) in [5.74, 6) is 0.629. The van der Waals surface area contributed by atoms with Crippen LogP contribution in [-0.4, -0.2) is 33.6 Å². The Morgan fingerprint density at radius 2 is 1.90 bits per heavy atom. The van der Waals surface area contributed by atoms with E-state index in [4.69, 9.17) is 4.74 Å². The predicted molar refractivity (Wildman–Crippen MR) is 115 cm³/mol. The summed E-state index contributed by atoms with van der Waals surface area (Å²) < 4.78 is 7.29. The maximum Gasteiger partial charge on any atom is 0.261 e. The normalized spacial score (nSPS) is 10.9. The summed E-state index contributed by atoms with van der Waals surface area (Å²) in [6.45, 7) is 1.27. The highest BCUT2D eigenvalue weighted by Crippen LogP contribution is 2.22. The first kappa shape index (κ1) is 19.6. The Labute approximate surface area is 173 Å². The molecule has 7 nitrogen and oxygen atoms in total. The summed E-state index contributed by atoms with van der Waals surface area (Å²) in [6, 6.07) is 16.9. The van der Waals surface area contributed by atoms with Gasteiger partial charge in [-0.2, -0.15) is 0 Å². The summed E-state index contributed by atoms with van der Waals surface area (Å²) >= 11 is 0. The molecule has 0 aliphatic rings. The van der Waals surface area contributed by atoms with Gasteiger partial charge in [0.25, 0.3) is 5.56 Å². The number of pyridine rings is 1. The van der Waals surface area contributed by atoms with Crippen LogP contribution in [0.15, 0.2) is 71.9 Å². The Balaban J connectivity index is 1.22. The zero-order chi connectivity index (χ0) is 20.8. The van der Waals surface area contributed by atoms with Gasteiger partial charge in [0.2, 0.25) is 5.91 Å². The summed E-state index contributed by atoms with van der Waals surface area (Å²) in [4.78, 5) is 33.2. The molecule has 2 aromatic heterocycles. The molecule has 152 valence electrons. The van der Waals surface area contributed by atoms with Gasteiger partial charge < -0.3 is 10.1 Å². The number of carbonyl (C=O) groups excluding carboxylic acids is 1. The van der Waals surface area contributed by atoms with E-state index in [-0.39, 0.29) is 17.9 Å². The van der Waals surface area contributed by atoms with Gasteiger partial charge in [0.1, 0.15) is 11.3 Å². The van der Waals surface area contributed by atoms with Crippen LogP contribution in [0.25, 0.3) is 21.8 Å². The summed E-state index contributed by atoms with van der Waals surface area (Å²) in [5, 5.41) is 4.45. The third-order valence-corrected chi connectivity index (χ3v) is 4.81. The molecule has 0 bridgehead atoms. The zero-order valence-corrected chi connectivity index (χ0v) is 16.5. The van der Waals surface area contributed by atoms with Crippen molar-refractivity contribution in [2.75, 3.05) is 13.2 Å². The molecule has 0 saturated carbocycles. The molecule has 0 unspecified atom stereocenters. The molecule has 4 rings (SSSR count). The van der Waals surface area contributed by atoms with Crippen LogP contribution in [0.5, 0.6) is 5.75 Å². The fourth-order valence-corrected chi connectivity index (χ4v) is 3.25. The summed E-state index contributed by atoms with van der Waals surface area (Å²) in [7, 11) is 0. The summed E-state index contributed by atoms with van der Waals surface area (Å²) in [5.41, 5.74) is 1.36. The molecule has 0 saturated heterocycles. The Morgan fingerprint density at radius 3 is 2.83 bits per heavy atom. The minimum atomic E-state index is -0.134. The SMILES string of the molecule is O=C(CCn1cnc2ccccc2c1=O)NCCCOc1cccc2cccnc12. The number of carbonyl (C=O) groups is 1. The monoisotopic (exact) mass is 402 g/mol. The van der Waals surface area contributed by atoms with Crippen LogP contribution in [0, 0.1) is 0 Å². The van der Waals surface area contributed by atoms with Gasteiger partial charge in [0.15, 0.2) is 0 Å². The van der Waals surface area contributed by atoms with E-state index in [1.165, 1.54) is 10.9 Å². The van der Waals surface area contributed by atoms with Gasteiger partial charge in [-0.1, -0.05) is 30.3 Å². The van der Waals surface area contributed by atoms with E-state index in [0.29, 0.717) is 37.0 Å². The first-order valence-electron chi connectivity index (χ1n) is 9.90. The van der Waals surface area contributed by atoms with Crippen molar-refractivity contribution in [1.82, 2.24) is 19.9 Å². The standard InChI is InChI=1S/C23H22N4O3/c28-21(11-14-27-16-26-19-9-2-1-8-18(19)23(27)29)24-13-5-15-30-20-10-3-6-17-7-4-12-25-22(17)20/h1-4,6-10,12,16H,5,11,13-15H2,(H,24,28). The topological polar surface area (TPSA) is 86.1 Å². The second kappa shape index (κ2) is 9.17. The number of nitrogens with zero attached hydrogens (tertiary/aromatic N) is 3. The lowest BCUT2D eigenvalue weighted by molar-refractivity contribution is -0.121. The number of fused-ring (bicyclic) bond motifs is 2. The van der Waals surface area contributed by atoms with Crippen LogP contribution in [-0.2, 0) is 11.3 Å². The number of benzene rings is 2. The molecule has 4 aromatic rings. The van der Waals surface area contributed by atoms with Gasteiger partial charge in [-0.3, -0.25) is 19.1 Å². The van der Waals surface area contributed by atoms with E-state index in [1.807, 2.05) is 36.4 Å². The van der Waals surface area contributed by atoms with Crippen molar-refractivity contribution >= 4 is 27.7 Å².